The average Bonchev–Trinajstić information content (AvgIpc) is 3.51. The number of carbonyl (C=O) groups excluding carboxylic acids is 1. The normalized spacial score (nSPS) is 15.3. The summed E-state index contributed by atoms with van der Waals surface area (Å²) in [4.78, 5) is 19.9. The van der Waals surface area contributed by atoms with Crippen LogP contribution in [-0.2, 0) is 0 Å². The van der Waals surface area contributed by atoms with Gasteiger partial charge in [-0.15, -0.1) is 11.3 Å². The number of hydrogen-bond acceptors (Lipinski definition) is 5. The van der Waals surface area contributed by atoms with Crippen LogP contribution in [0.25, 0.3) is 5.13 Å². The van der Waals surface area contributed by atoms with E-state index in [1.807, 2.05) is 42.0 Å². The number of nitrogens with zero attached hydrogens (tertiary/aromatic N) is 3. The Morgan fingerprint density at radius 1 is 1.23 bits per heavy atom. The molecule has 2 aromatic heterocycles. The van der Waals surface area contributed by atoms with Crippen molar-refractivity contribution in [3.63, 3.8) is 0 Å². The molecule has 1 saturated heterocycles. The molecule has 1 aromatic carbocycles. The maximum absolute atomic E-state index is 13.1. The molecule has 1 fully saturated rings. The summed E-state index contributed by atoms with van der Waals surface area (Å²) in [6, 6.07) is 10.3. The molecule has 0 saturated carbocycles. The van der Waals surface area contributed by atoms with Gasteiger partial charge in [0.25, 0.3) is 5.91 Å². The predicted molar refractivity (Wildman–Crippen MR) is 120 cm³/mol. The first-order valence-corrected chi connectivity index (χ1v) is 11.2. The van der Waals surface area contributed by atoms with E-state index < -0.39 is 0 Å². The topological polar surface area (TPSA) is 59.4 Å². The van der Waals surface area contributed by atoms with Gasteiger partial charge < -0.3 is 10.1 Å². The number of likely N-dealkylation sites (tertiary alicyclic amines) is 1. The number of aryl methyl sites for hydroxylation is 1. The van der Waals surface area contributed by atoms with E-state index >= 15 is 0 Å². The number of carbonyl (C=O) groups is 1. The molecule has 158 valence electrons. The van der Waals surface area contributed by atoms with Crippen LogP contribution < -0.4 is 10.1 Å². The third-order valence-corrected chi connectivity index (χ3v) is 6.58. The number of rotatable bonds is 7. The van der Waals surface area contributed by atoms with E-state index in [4.69, 9.17) is 4.74 Å². The zero-order chi connectivity index (χ0) is 21.1. The number of nitrogens with one attached hydrogen (secondary N) is 1. The maximum atomic E-state index is 13.1. The van der Waals surface area contributed by atoms with Crippen molar-refractivity contribution < 1.29 is 9.53 Å². The lowest BCUT2D eigenvalue weighted by molar-refractivity contribution is 0.0937. The Morgan fingerprint density at radius 2 is 1.97 bits per heavy atom. The van der Waals surface area contributed by atoms with Crippen molar-refractivity contribution in [3.8, 4) is 10.9 Å². The lowest BCUT2D eigenvalue weighted by atomic mass is 10.0. The number of methoxy groups -OCH3 is 1. The molecule has 4 rings (SSSR count). The summed E-state index contributed by atoms with van der Waals surface area (Å²) < 4.78 is 7.34. The smallest absolute Gasteiger partial charge is 0.253 e. The van der Waals surface area contributed by atoms with Gasteiger partial charge in [0.05, 0.1) is 18.7 Å². The van der Waals surface area contributed by atoms with Crippen molar-refractivity contribution >= 4 is 17.2 Å². The van der Waals surface area contributed by atoms with Gasteiger partial charge >= 0.3 is 0 Å². The summed E-state index contributed by atoms with van der Waals surface area (Å²) >= 11 is 1.57. The van der Waals surface area contributed by atoms with Gasteiger partial charge in [-0.1, -0.05) is 12.1 Å². The van der Waals surface area contributed by atoms with Crippen LogP contribution >= 0.6 is 11.3 Å². The number of benzene rings is 1. The molecule has 1 aliphatic rings. The Morgan fingerprint density at radius 3 is 2.60 bits per heavy atom. The van der Waals surface area contributed by atoms with Crippen molar-refractivity contribution in [2.45, 2.75) is 32.7 Å². The first-order chi connectivity index (χ1) is 14.6. The second kappa shape index (κ2) is 9.02. The molecular formula is C23H28N4O2S. The summed E-state index contributed by atoms with van der Waals surface area (Å²) in [6.07, 6.45) is 4.19. The van der Waals surface area contributed by atoms with E-state index in [0.29, 0.717) is 12.1 Å². The first kappa shape index (κ1) is 20.6. The van der Waals surface area contributed by atoms with Crippen molar-refractivity contribution in [2.75, 3.05) is 26.7 Å². The fourth-order valence-corrected chi connectivity index (χ4v) is 4.99. The van der Waals surface area contributed by atoms with Crippen LogP contribution in [0.1, 0.15) is 46.2 Å². The summed E-state index contributed by atoms with van der Waals surface area (Å²) in [6.45, 7) is 6.68. The van der Waals surface area contributed by atoms with Gasteiger partial charge in [-0.2, -0.15) is 0 Å². The largest absolute Gasteiger partial charge is 0.497 e. The highest BCUT2D eigenvalue weighted by Gasteiger charge is 2.25. The minimum atomic E-state index is -0.0383. The van der Waals surface area contributed by atoms with Gasteiger partial charge in [-0.3, -0.25) is 14.3 Å². The molecule has 3 aromatic rings. The highest BCUT2D eigenvalue weighted by molar-refractivity contribution is 7.12. The quantitative estimate of drug-likeness (QED) is 0.620. The number of amides is 1. The van der Waals surface area contributed by atoms with Crippen molar-refractivity contribution in [1.82, 2.24) is 19.8 Å². The van der Waals surface area contributed by atoms with E-state index in [9.17, 15) is 4.79 Å². The number of hydrogen-bond donors (Lipinski definition) is 1. The number of thiazole rings is 1. The molecule has 30 heavy (non-hydrogen) atoms. The van der Waals surface area contributed by atoms with Gasteiger partial charge in [0.15, 0.2) is 5.13 Å². The highest BCUT2D eigenvalue weighted by Crippen LogP contribution is 2.27. The Balaban J connectivity index is 1.52. The Labute approximate surface area is 181 Å². The summed E-state index contributed by atoms with van der Waals surface area (Å²) in [5.74, 6) is 0.807. The standard InChI is InChI=1S/C23H28N4O2S/c1-16-14-20(17(2)27(16)23-24-10-13-30-23)22(28)25-15-21(26-11-4-5-12-26)18-6-8-19(29-3)9-7-18/h6-10,13-14,21H,4-5,11-12,15H2,1-3H3,(H,25,28). The zero-order valence-electron chi connectivity index (χ0n) is 17.7. The van der Waals surface area contributed by atoms with Crippen LogP contribution in [0.15, 0.2) is 41.9 Å². The molecule has 0 spiro atoms. The van der Waals surface area contributed by atoms with Crippen LogP contribution in [0, 0.1) is 13.8 Å². The van der Waals surface area contributed by atoms with Gasteiger partial charge in [-0.25, -0.2) is 4.98 Å². The molecule has 1 unspecified atom stereocenters. The van der Waals surface area contributed by atoms with Crippen LogP contribution in [0.4, 0.5) is 0 Å². The molecule has 1 atom stereocenters. The van der Waals surface area contributed by atoms with E-state index in [2.05, 4.69) is 27.3 Å². The summed E-state index contributed by atoms with van der Waals surface area (Å²) in [7, 11) is 1.68. The van der Waals surface area contributed by atoms with Gasteiger partial charge in [-0.05, 0) is 63.5 Å². The van der Waals surface area contributed by atoms with Crippen molar-refractivity contribution in [2.24, 2.45) is 0 Å². The fourth-order valence-electron chi connectivity index (χ4n) is 4.24. The molecule has 1 aliphatic heterocycles. The van der Waals surface area contributed by atoms with E-state index in [0.717, 1.165) is 35.4 Å². The number of aromatic nitrogens is 2. The second-order valence-corrected chi connectivity index (χ2v) is 8.55. The molecule has 7 heteroatoms. The van der Waals surface area contributed by atoms with Crippen LogP contribution in [0.5, 0.6) is 5.75 Å². The maximum Gasteiger partial charge on any atom is 0.253 e. The minimum absolute atomic E-state index is 0.0383. The van der Waals surface area contributed by atoms with Crippen LogP contribution in [-0.4, -0.2) is 47.1 Å². The van der Waals surface area contributed by atoms with Crippen LogP contribution in [0.3, 0.4) is 0 Å². The SMILES string of the molecule is COc1ccc(C(CNC(=O)c2cc(C)n(-c3nccs3)c2C)N2CCCC2)cc1. The Bertz CT molecular complexity index is 989. The monoisotopic (exact) mass is 424 g/mol. The first-order valence-electron chi connectivity index (χ1n) is 10.3. The van der Waals surface area contributed by atoms with E-state index in [1.165, 1.54) is 18.4 Å². The molecule has 0 radical (unpaired) electrons. The molecule has 0 aliphatic carbocycles. The number of ether oxygens (including phenoxy) is 1. The summed E-state index contributed by atoms with van der Waals surface area (Å²) in [5.41, 5.74) is 3.84. The second-order valence-electron chi connectivity index (χ2n) is 7.68. The summed E-state index contributed by atoms with van der Waals surface area (Å²) in [5, 5.41) is 6.02. The van der Waals surface area contributed by atoms with Crippen molar-refractivity contribution in [3.05, 3.63) is 64.4 Å². The molecule has 0 bridgehead atoms. The molecule has 1 N–H and O–H groups in total. The third-order valence-electron chi connectivity index (χ3n) is 5.82. The highest BCUT2D eigenvalue weighted by atomic mass is 32.1. The third kappa shape index (κ3) is 4.13. The predicted octanol–water partition coefficient (Wildman–Crippen LogP) is 4.13. The zero-order valence-corrected chi connectivity index (χ0v) is 18.5. The minimum Gasteiger partial charge on any atom is -0.497 e. The molecular weight excluding hydrogens is 396 g/mol. The van der Waals surface area contributed by atoms with Gasteiger partial charge in [0, 0.05) is 29.5 Å². The van der Waals surface area contributed by atoms with Crippen molar-refractivity contribution in [1.29, 1.82) is 0 Å². The lowest BCUT2D eigenvalue weighted by Crippen LogP contribution is -2.37. The Kier molecular flexibility index (Phi) is 6.20. The van der Waals surface area contributed by atoms with Gasteiger partial charge in [0.1, 0.15) is 5.75 Å². The molecule has 1 amide bonds. The van der Waals surface area contributed by atoms with Crippen LogP contribution in [0.2, 0.25) is 0 Å². The lowest BCUT2D eigenvalue weighted by Gasteiger charge is -2.28. The van der Waals surface area contributed by atoms with E-state index in [1.54, 1.807) is 24.6 Å². The fraction of sp³-hybridized carbons (Fsp3) is 0.391. The molecule has 3 heterocycles. The molecule has 6 nitrogen and oxygen atoms in total. The average molecular weight is 425 g/mol. The Hall–Kier alpha value is -2.64. The van der Waals surface area contributed by atoms with Gasteiger partial charge in [0.2, 0.25) is 0 Å². The van der Waals surface area contributed by atoms with E-state index in [-0.39, 0.29) is 11.9 Å².